The first kappa shape index (κ1) is 16.8. The summed E-state index contributed by atoms with van der Waals surface area (Å²) in [6.45, 7) is 3.77. The molecule has 1 aromatic carbocycles. The number of thiazole rings is 1. The number of amides is 1. The molecule has 5 rings (SSSR count). The summed E-state index contributed by atoms with van der Waals surface area (Å²) in [7, 11) is 0. The number of hydrogen-bond acceptors (Lipinski definition) is 5. The molecule has 27 heavy (non-hydrogen) atoms. The fourth-order valence-electron chi connectivity index (χ4n) is 3.73. The van der Waals surface area contributed by atoms with E-state index in [9.17, 15) is 4.79 Å². The number of nitrogens with zero attached hydrogens (tertiary/aromatic N) is 4. The van der Waals surface area contributed by atoms with Gasteiger partial charge in [-0.05, 0) is 37.8 Å². The minimum Gasteiger partial charge on any atom is -0.338 e. The van der Waals surface area contributed by atoms with Crippen LogP contribution < -0.4 is 0 Å². The number of carbonyl (C=O) groups is 1. The van der Waals surface area contributed by atoms with E-state index in [0.717, 1.165) is 37.3 Å². The van der Waals surface area contributed by atoms with E-state index in [1.165, 1.54) is 22.5 Å². The molecule has 6 heteroatoms. The predicted octanol–water partition coefficient (Wildman–Crippen LogP) is 4.16. The van der Waals surface area contributed by atoms with Crippen molar-refractivity contribution in [3.05, 3.63) is 53.1 Å². The number of hydrogen-bond donors (Lipinski definition) is 0. The summed E-state index contributed by atoms with van der Waals surface area (Å²) in [5.74, 6) is 1.44. The zero-order chi connectivity index (χ0) is 18.4. The lowest BCUT2D eigenvalue weighted by atomic mass is 9.81. The summed E-state index contributed by atoms with van der Waals surface area (Å²) < 4.78 is 1.24. The van der Waals surface area contributed by atoms with Gasteiger partial charge in [0.25, 0.3) is 5.91 Å². The number of rotatable bonds is 3. The van der Waals surface area contributed by atoms with Gasteiger partial charge in [-0.25, -0.2) is 15.0 Å². The lowest BCUT2D eigenvalue weighted by Gasteiger charge is -2.38. The van der Waals surface area contributed by atoms with E-state index >= 15 is 0 Å². The molecule has 1 saturated carbocycles. The molecule has 138 valence electrons. The van der Waals surface area contributed by atoms with Gasteiger partial charge < -0.3 is 4.90 Å². The molecular formula is C21H22N4OS. The van der Waals surface area contributed by atoms with Crippen LogP contribution in [-0.4, -0.2) is 38.8 Å². The van der Waals surface area contributed by atoms with Gasteiger partial charge in [0, 0.05) is 36.8 Å². The maximum Gasteiger partial charge on any atom is 0.256 e. The van der Waals surface area contributed by atoms with Gasteiger partial charge in [-0.3, -0.25) is 4.79 Å². The molecule has 2 aliphatic rings. The maximum atomic E-state index is 12.8. The molecular weight excluding hydrogens is 356 g/mol. The van der Waals surface area contributed by atoms with E-state index in [0.29, 0.717) is 11.5 Å². The first-order valence-corrected chi connectivity index (χ1v) is 10.4. The molecule has 1 aliphatic carbocycles. The highest BCUT2D eigenvalue weighted by Gasteiger charge is 2.36. The van der Waals surface area contributed by atoms with Crippen molar-refractivity contribution in [1.82, 2.24) is 19.9 Å². The van der Waals surface area contributed by atoms with Crippen molar-refractivity contribution >= 4 is 27.5 Å². The fraction of sp³-hybridized carbons (Fsp3) is 0.429. The first-order valence-electron chi connectivity index (χ1n) is 9.60. The Kier molecular flexibility index (Phi) is 3.97. The second kappa shape index (κ2) is 6.37. The van der Waals surface area contributed by atoms with Gasteiger partial charge in [-0.2, -0.15) is 0 Å². The monoisotopic (exact) mass is 378 g/mol. The van der Waals surface area contributed by atoms with E-state index in [2.05, 4.69) is 35.1 Å². The Morgan fingerprint density at radius 3 is 2.52 bits per heavy atom. The molecule has 0 unspecified atom stereocenters. The zero-order valence-corrected chi connectivity index (χ0v) is 16.2. The van der Waals surface area contributed by atoms with Crippen LogP contribution in [-0.2, 0) is 5.41 Å². The average molecular weight is 379 g/mol. The molecule has 0 atom stereocenters. The Hall–Kier alpha value is -2.34. The lowest BCUT2D eigenvalue weighted by molar-refractivity contribution is 0.0675. The van der Waals surface area contributed by atoms with Crippen molar-refractivity contribution in [2.45, 2.75) is 43.9 Å². The van der Waals surface area contributed by atoms with Gasteiger partial charge >= 0.3 is 0 Å². The van der Waals surface area contributed by atoms with Crippen LogP contribution in [0.5, 0.6) is 0 Å². The van der Waals surface area contributed by atoms with E-state index in [1.807, 2.05) is 11.0 Å². The third-order valence-corrected chi connectivity index (χ3v) is 7.17. The van der Waals surface area contributed by atoms with Crippen molar-refractivity contribution in [2.24, 2.45) is 0 Å². The predicted molar refractivity (Wildman–Crippen MR) is 106 cm³/mol. The SMILES string of the molecule is CC1(c2nc3ccccc3s2)CCN(C(=O)c2cnc(C3CC3)nc2)CC1. The summed E-state index contributed by atoms with van der Waals surface area (Å²) in [4.78, 5) is 28.4. The van der Waals surface area contributed by atoms with E-state index in [-0.39, 0.29) is 11.3 Å². The van der Waals surface area contributed by atoms with E-state index < -0.39 is 0 Å². The number of piperidine rings is 1. The molecule has 3 heterocycles. The molecule has 1 aliphatic heterocycles. The summed E-state index contributed by atoms with van der Waals surface area (Å²) in [6.07, 6.45) is 7.60. The molecule has 3 aromatic rings. The Morgan fingerprint density at radius 1 is 1.15 bits per heavy atom. The van der Waals surface area contributed by atoms with E-state index in [1.54, 1.807) is 23.7 Å². The summed E-state index contributed by atoms with van der Waals surface area (Å²) in [5, 5.41) is 1.19. The Balaban J connectivity index is 1.29. The quantitative estimate of drug-likeness (QED) is 0.687. The molecule has 0 bridgehead atoms. The highest BCUT2D eigenvalue weighted by molar-refractivity contribution is 7.18. The van der Waals surface area contributed by atoms with Crippen molar-refractivity contribution in [1.29, 1.82) is 0 Å². The number of carbonyl (C=O) groups excluding carboxylic acids is 1. The van der Waals surface area contributed by atoms with Gasteiger partial charge in [0.15, 0.2) is 0 Å². The van der Waals surface area contributed by atoms with Crippen LogP contribution in [0.25, 0.3) is 10.2 Å². The van der Waals surface area contributed by atoms with Crippen LogP contribution in [0.15, 0.2) is 36.7 Å². The summed E-state index contributed by atoms with van der Waals surface area (Å²) >= 11 is 1.78. The minimum atomic E-state index is 0.0345. The van der Waals surface area contributed by atoms with Crippen LogP contribution in [0.3, 0.4) is 0 Å². The molecule has 1 amide bonds. The highest BCUT2D eigenvalue weighted by Crippen LogP contribution is 2.40. The third kappa shape index (κ3) is 3.12. The summed E-state index contributed by atoms with van der Waals surface area (Å²) in [5.41, 5.74) is 1.71. The highest BCUT2D eigenvalue weighted by atomic mass is 32.1. The average Bonchev–Trinajstić information content (AvgIpc) is 3.46. The first-order chi connectivity index (χ1) is 13.1. The molecule has 2 fully saturated rings. The number of benzene rings is 1. The minimum absolute atomic E-state index is 0.0345. The van der Waals surface area contributed by atoms with Crippen LogP contribution in [0.1, 0.15) is 59.7 Å². The number of likely N-dealkylation sites (tertiary alicyclic amines) is 1. The number of fused-ring (bicyclic) bond motifs is 1. The molecule has 0 spiro atoms. The Labute approximate surface area is 162 Å². The van der Waals surface area contributed by atoms with Crippen molar-refractivity contribution in [3.63, 3.8) is 0 Å². The Bertz CT molecular complexity index is 952. The molecule has 1 saturated heterocycles. The second-order valence-electron chi connectivity index (χ2n) is 7.94. The smallest absolute Gasteiger partial charge is 0.256 e. The molecule has 5 nitrogen and oxygen atoms in total. The van der Waals surface area contributed by atoms with Crippen molar-refractivity contribution < 1.29 is 4.79 Å². The topological polar surface area (TPSA) is 59.0 Å². The molecule has 2 aromatic heterocycles. The fourth-order valence-corrected chi connectivity index (χ4v) is 4.90. The molecule has 0 N–H and O–H groups in total. The van der Waals surface area contributed by atoms with Gasteiger partial charge in [0.2, 0.25) is 0 Å². The zero-order valence-electron chi connectivity index (χ0n) is 15.4. The van der Waals surface area contributed by atoms with Gasteiger partial charge in [-0.1, -0.05) is 19.1 Å². The maximum absolute atomic E-state index is 12.8. The van der Waals surface area contributed by atoms with E-state index in [4.69, 9.17) is 4.98 Å². The van der Waals surface area contributed by atoms with Gasteiger partial charge in [-0.15, -0.1) is 11.3 Å². The standard InChI is InChI=1S/C21H22N4OS/c1-21(20-24-16-4-2-3-5-17(16)27-20)8-10-25(11-9-21)19(26)15-12-22-18(23-13-15)14-6-7-14/h2-5,12-14H,6-11H2,1H3. The normalized spacial score (nSPS) is 19.4. The summed E-state index contributed by atoms with van der Waals surface area (Å²) in [6, 6.07) is 8.29. The van der Waals surface area contributed by atoms with Crippen LogP contribution in [0.4, 0.5) is 0 Å². The largest absolute Gasteiger partial charge is 0.338 e. The lowest BCUT2D eigenvalue weighted by Crippen LogP contribution is -2.44. The third-order valence-electron chi connectivity index (χ3n) is 5.83. The van der Waals surface area contributed by atoms with Crippen molar-refractivity contribution in [3.8, 4) is 0 Å². The Morgan fingerprint density at radius 2 is 1.85 bits per heavy atom. The van der Waals surface area contributed by atoms with Gasteiger partial charge in [0.05, 0.1) is 20.8 Å². The van der Waals surface area contributed by atoms with Gasteiger partial charge in [0.1, 0.15) is 5.82 Å². The molecule has 0 radical (unpaired) electrons. The van der Waals surface area contributed by atoms with Crippen LogP contribution >= 0.6 is 11.3 Å². The van der Waals surface area contributed by atoms with Crippen LogP contribution in [0, 0.1) is 0 Å². The number of para-hydroxylation sites is 1. The second-order valence-corrected chi connectivity index (χ2v) is 8.97. The van der Waals surface area contributed by atoms with Crippen molar-refractivity contribution in [2.75, 3.05) is 13.1 Å². The van der Waals surface area contributed by atoms with Crippen LogP contribution in [0.2, 0.25) is 0 Å². The number of aromatic nitrogens is 3.